The largest absolute Gasteiger partial charge is 1.00 e. The summed E-state index contributed by atoms with van der Waals surface area (Å²) < 4.78 is 9.36. The van der Waals surface area contributed by atoms with Gasteiger partial charge in [-0.2, -0.15) is 0 Å². The zero-order valence-corrected chi connectivity index (χ0v) is 10.8. The van der Waals surface area contributed by atoms with Crippen molar-refractivity contribution in [3.8, 4) is 0 Å². The van der Waals surface area contributed by atoms with Gasteiger partial charge in [-0.25, -0.2) is 0 Å². The van der Waals surface area contributed by atoms with Gasteiger partial charge in [0.15, 0.2) is 0 Å². The van der Waals surface area contributed by atoms with Crippen molar-refractivity contribution in [1.29, 1.82) is 0 Å². The molecule has 0 saturated carbocycles. The molecule has 4 heteroatoms. The minimum absolute atomic E-state index is 0. The monoisotopic (exact) mass is 212 g/mol. The van der Waals surface area contributed by atoms with Crippen LogP contribution in [0.25, 0.3) is 0 Å². The van der Waals surface area contributed by atoms with Crippen LogP contribution in [-0.4, -0.2) is 25.3 Å². The molecule has 0 aromatic heterocycles. The van der Waals surface area contributed by atoms with Crippen LogP contribution in [0.3, 0.4) is 0 Å². The summed E-state index contributed by atoms with van der Waals surface area (Å²) in [5, 5.41) is 0. The molecule has 0 aromatic carbocycles. The summed E-state index contributed by atoms with van der Waals surface area (Å²) in [5.74, 6) is -0.509. The van der Waals surface area contributed by atoms with E-state index in [1.165, 1.54) is 0 Å². The van der Waals surface area contributed by atoms with Gasteiger partial charge in [-0.1, -0.05) is 0 Å². The van der Waals surface area contributed by atoms with E-state index in [1.54, 1.807) is 0 Å². The Kier molecular flexibility index (Phi) is 6.15. The second-order valence-corrected chi connectivity index (χ2v) is 1.73. The molecular formula is C6H7O3Rb. The van der Waals surface area contributed by atoms with Gasteiger partial charge in [-0.15, -0.1) is 0 Å². The van der Waals surface area contributed by atoms with Crippen LogP contribution in [0.4, 0.5) is 0 Å². The molecule has 1 rings (SSSR count). The third-order valence-corrected chi connectivity index (χ3v) is 0.947. The molecular weight excluding hydrogens is 206 g/mol. The standard InChI is InChI=1S/C6H7O3.Rb/c1-2-6(7)9-4-5-3-8-5;/h5H,1,3-4H2;/q-1;+1. The van der Waals surface area contributed by atoms with Crippen LogP contribution >= 0.6 is 0 Å². The third-order valence-electron chi connectivity index (χ3n) is 0.947. The number of esters is 1. The topological polar surface area (TPSA) is 38.8 Å². The van der Waals surface area contributed by atoms with Gasteiger partial charge in [0.1, 0.15) is 18.7 Å². The van der Waals surface area contributed by atoms with Gasteiger partial charge in [-0.05, 0) is 0 Å². The minimum Gasteiger partial charge on any atom is -0.487 e. The number of rotatable bonds is 3. The van der Waals surface area contributed by atoms with Crippen LogP contribution in [0.5, 0.6) is 0 Å². The molecule has 0 amide bonds. The second kappa shape index (κ2) is 5.60. The van der Waals surface area contributed by atoms with Crippen molar-refractivity contribution in [2.24, 2.45) is 0 Å². The fraction of sp³-hybridized carbons (Fsp3) is 0.500. The molecule has 1 heterocycles. The maximum absolute atomic E-state index is 10.3. The van der Waals surface area contributed by atoms with Crippen molar-refractivity contribution in [2.75, 3.05) is 13.2 Å². The number of epoxide rings is 1. The van der Waals surface area contributed by atoms with Crippen LogP contribution in [0.2, 0.25) is 0 Å². The smallest absolute Gasteiger partial charge is 0.487 e. The minimum atomic E-state index is -0.509. The van der Waals surface area contributed by atoms with E-state index >= 15 is 0 Å². The summed E-state index contributed by atoms with van der Waals surface area (Å²) in [6.45, 7) is 4.15. The zero-order valence-electron chi connectivity index (χ0n) is 5.92. The summed E-state index contributed by atoms with van der Waals surface area (Å²) in [6.07, 6.45) is 2.21. The molecule has 0 N–H and O–H groups in total. The van der Waals surface area contributed by atoms with Crippen molar-refractivity contribution < 1.29 is 72.5 Å². The first-order valence-electron chi connectivity index (χ1n) is 2.64. The normalized spacial score (nSPS) is 20.6. The Morgan fingerprint density at radius 3 is 2.90 bits per heavy atom. The average Bonchev–Trinajstić information content (AvgIpc) is 2.65. The fourth-order valence-electron chi connectivity index (χ4n) is 0.384. The molecule has 0 spiro atoms. The Morgan fingerprint density at radius 2 is 2.50 bits per heavy atom. The zero-order chi connectivity index (χ0) is 6.69. The van der Waals surface area contributed by atoms with E-state index in [2.05, 4.69) is 17.4 Å². The summed E-state index contributed by atoms with van der Waals surface area (Å²) in [5.41, 5.74) is 0. The van der Waals surface area contributed by atoms with E-state index in [9.17, 15) is 4.79 Å². The first-order valence-corrected chi connectivity index (χ1v) is 2.64. The van der Waals surface area contributed by atoms with Crippen LogP contribution in [0.15, 0.2) is 6.58 Å². The predicted octanol–water partition coefficient (Wildman–Crippen LogP) is -3.08. The molecule has 0 radical (unpaired) electrons. The van der Waals surface area contributed by atoms with Crippen LogP contribution < -0.4 is 58.2 Å². The Morgan fingerprint density at radius 1 is 1.90 bits per heavy atom. The first-order chi connectivity index (χ1) is 4.33. The summed E-state index contributed by atoms with van der Waals surface area (Å²) >= 11 is 0. The van der Waals surface area contributed by atoms with E-state index in [-0.39, 0.29) is 64.3 Å². The number of hydrogen-bond donors (Lipinski definition) is 0. The SMILES string of the molecule is C=[C-]C(=O)OCC1CO1.[Rb+]. The van der Waals surface area contributed by atoms with Gasteiger partial charge in [0.25, 0.3) is 0 Å². The Bertz CT molecular complexity index is 131. The third kappa shape index (κ3) is 4.74. The summed E-state index contributed by atoms with van der Waals surface area (Å²) in [6, 6.07) is 0. The molecule has 0 bridgehead atoms. The van der Waals surface area contributed by atoms with Crippen LogP contribution in [-0.2, 0) is 14.3 Å². The predicted molar refractivity (Wildman–Crippen MR) is 29.6 cm³/mol. The molecule has 1 unspecified atom stereocenters. The molecule has 0 aromatic rings. The number of carbonyl (C=O) groups is 1. The van der Waals surface area contributed by atoms with Crippen molar-refractivity contribution in [3.05, 3.63) is 12.7 Å². The number of hydrogen-bond acceptors (Lipinski definition) is 3. The van der Waals surface area contributed by atoms with Crippen molar-refractivity contribution >= 4 is 5.97 Å². The Labute approximate surface area is 109 Å². The number of carbonyl (C=O) groups excluding carboxylic acids is 1. The molecule has 10 heavy (non-hydrogen) atoms. The first kappa shape index (κ1) is 11.0. The Hall–Kier alpha value is 0.975. The van der Waals surface area contributed by atoms with Crippen molar-refractivity contribution in [3.63, 3.8) is 0 Å². The van der Waals surface area contributed by atoms with E-state index in [0.29, 0.717) is 13.2 Å². The van der Waals surface area contributed by atoms with Gasteiger partial charge < -0.3 is 15.5 Å². The maximum atomic E-state index is 10.3. The molecule has 1 atom stereocenters. The van der Waals surface area contributed by atoms with E-state index in [4.69, 9.17) is 4.74 Å². The summed E-state index contributed by atoms with van der Waals surface area (Å²) in [4.78, 5) is 10.3. The van der Waals surface area contributed by atoms with Crippen LogP contribution in [0, 0.1) is 6.08 Å². The Balaban J connectivity index is 0.000000810. The van der Waals surface area contributed by atoms with Crippen molar-refractivity contribution in [2.45, 2.75) is 6.10 Å². The maximum Gasteiger partial charge on any atom is 1.00 e. The molecule has 0 aliphatic carbocycles. The van der Waals surface area contributed by atoms with Gasteiger partial charge in [-0.3, -0.25) is 11.4 Å². The van der Waals surface area contributed by atoms with Gasteiger partial charge >= 0.3 is 58.2 Å². The fourth-order valence-corrected chi connectivity index (χ4v) is 0.384. The quantitative estimate of drug-likeness (QED) is 0.216. The second-order valence-electron chi connectivity index (χ2n) is 1.73. The van der Waals surface area contributed by atoms with Gasteiger partial charge in [0, 0.05) is 0 Å². The number of ether oxygens (including phenoxy) is 2. The molecule has 50 valence electrons. The molecule has 3 nitrogen and oxygen atoms in total. The van der Waals surface area contributed by atoms with Gasteiger partial charge in [0.05, 0.1) is 6.61 Å². The van der Waals surface area contributed by atoms with E-state index in [1.807, 2.05) is 0 Å². The molecule has 1 fully saturated rings. The van der Waals surface area contributed by atoms with Crippen molar-refractivity contribution in [1.82, 2.24) is 0 Å². The van der Waals surface area contributed by atoms with E-state index < -0.39 is 5.97 Å². The molecule has 1 saturated heterocycles. The van der Waals surface area contributed by atoms with E-state index in [0.717, 1.165) is 0 Å². The van der Waals surface area contributed by atoms with Gasteiger partial charge in [0.2, 0.25) is 0 Å². The average molecular weight is 213 g/mol. The summed E-state index contributed by atoms with van der Waals surface area (Å²) in [7, 11) is 0. The van der Waals surface area contributed by atoms with Crippen LogP contribution in [0.1, 0.15) is 0 Å². The molecule has 1 aliphatic rings. The molecule has 1 aliphatic heterocycles.